The molecule has 2 atom stereocenters. The first kappa shape index (κ1) is 20.3. The van der Waals surface area contributed by atoms with Crippen LogP contribution in [0.1, 0.15) is 32.3 Å². The molecule has 0 aromatic heterocycles. The molecule has 0 bridgehead atoms. The van der Waals surface area contributed by atoms with Gasteiger partial charge in [-0.2, -0.15) is 0 Å². The Morgan fingerprint density at radius 1 is 1.21 bits per heavy atom. The highest BCUT2D eigenvalue weighted by molar-refractivity contribution is 6.42. The van der Waals surface area contributed by atoms with Crippen molar-refractivity contribution in [2.75, 3.05) is 13.1 Å². The summed E-state index contributed by atoms with van der Waals surface area (Å²) in [5.41, 5.74) is 0.636. The van der Waals surface area contributed by atoms with Crippen molar-refractivity contribution in [3.63, 3.8) is 0 Å². The van der Waals surface area contributed by atoms with Crippen molar-refractivity contribution in [1.29, 1.82) is 0 Å². The van der Waals surface area contributed by atoms with Gasteiger partial charge in [0.15, 0.2) is 0 Å². The van der Waals surface area contributed by atoms with Crippen molar-refractivity contribution in [2.24, 2.45) is 0 Å². The lowest BCUT2D eigenvalue weighted by atomic mass is 9.99. The van der Waals surface area contributed by atoms with Crippen LogP contribution in [-0.2, 0) is 14.4 Å². The molecule has 0 radical (unpaired) electrons. The Balaban J connectivity index is 2.97. The Morgan fingerprint density at radius 2 is 1.83 bits per heavy atom. The second-order valence-corrected chi connectivity index (χ2v) is 6.24. The number of aliphatic carboxylic acids is 1. The lowest BCUT2D eigenvalue weighted by molar-refractivity contribution is -0.149. The van der Waals surface area contributed by atoms with E-state index in [9.17, 15) is 19.5 Å². The maximum Gasteiger partial charge on any atom is 0.326 e. The highest BCUT2D eigenvalue weighted by Gasteiger charge is 2.29. The molecule has 6 nitrogen and oxygen atoms in total. The Kier molecular flexibility index (Phi) is 7.51. The Bertz CT molecular complexity index is 637. The molecule has 1 rings (SSSR count). The smallest absolute Gasteiger partial charge is 0.326 e. The highest BCUT2D eigenvalue weighted by atomic mass is 35.5. The summed E-state index contributed by atoms with van der Waals surface area (Å²) in [5.74, 6) is -2.33. The molecular formula is C16H20Cl2N2O4. The van der Waals surface area contributed by atoms with Gasteiger partial charge in [0.1, 0.15) is 6.04 Å². The monoisotopic (exact) mass is 374 g/mol. The molecule has 2 amide bonds. The molecule has 2 N–H and O–H groups in total. The van der Waals surface area contributed by atoms with Gasteiger partial charge in [0, 0.05) is 20.0 Å². The fraction of sp³-hybridized carbons (Fsp3) is 0.438. The van der Waals surface area contributed by atoms with Crippen LogP contribution in [0.4, 0.5) is 0 Å². The number of carbonyl (C=O) groups is 3. The first-order valence-corrected chi connectivity index (χ1v) is 8.13. The standard InChI is InChI=1S/C16H20Cl2N2O4/c1-9(12-4-5-13(17)14(18)8-12)15(22)20(10(2)16(23)24)7-6-19-11(3)21/h4-5,8-10H,6-7H2,1-3H3,(H,19,21)(H,23,24). The predicted octanol–water partition coefficient (Wildman–Crippen LogP) is 2.53. The van der Waals surface area contributed by atoms with Crippen LogP contribution in [0.5, 0.6) is 0 Å². The second-order valence-electron chi connectivity index (χ2n) is 5.42. The lowest BCUT2D eigenvalue weighted by Gasteiger charge is -2.29. The van der Waals surface area contributed by atoms with E-state index in [0.717, 1.165) is 0 Å². The molecule has 0 spiro atoms. The van der Waals surface area contributed by atoms with Crippen molar-refractivity contribution >= 4 is 41.0 Å². The number of amides is 2. The van der Waals surface area contributed by atoms with Crippen molar-refractivity contribution < 1.29 is 19.5 Å². The van der Waals surface area contributed by atoms with Gasteiger partial charge in [-0.3, -0.25) is 9.59 Å². The summed E-state index contributed by atoms with van der Waals surface area (Å²) in [4.78, 5) is 36.2. The number of hydrogen-bond acceptors (Lipinski definition) is 3. The minimum Gasteiger partial charge on any atom is -0.480 e. The van der Waals surface area contributed by atoms with E-state index in [4.69, 9.17) is 23.2 Å². The third-order valence-corrected chi connectivity index (χ3v) is 4.39. The number of rotatable bonds is 7. The molecule has 0 saturated heterocycles. The number of hydrogen-bond donors (Lipinski definition) is 2. The fourth-order valence-electron chi connectivity index (χ4n) is 2.15. The average Bonchev–Trinajstić information content (AvgIpc) is 2.52. The van der Waals surface area contributed by atoms with Crippen LogP contribution in [0.25, 0.3) is 0 Å². The predicted molar refractivity (Wildman–Crippen MR) is 92.4 cm³/mol. The van der Waals surface area contributed by atoms with E-state index in [1.807, 2.05) is 0 Å². The Labute approximate surface area is 150 Å². The van der Waals surface area contributed by atoms with E-state index >= 15 is 0 Å². The van der Waals surface area contributed by atoms with Crippen LogP contribution < -0.4 is 5.32 Å². The number of benzene rings is 1. The van der Waals surface area contributed by atoms with Crippen molar-refractivity contribution in [3.8, 4) is 0 Å². The molecular weight excluding hydrogens is 355 g/mol. The van der Waals surface area contributed by atoms with E-state index in [0.29, 0.717) is 15.6 Å². The first-order valence-electron chi connectivity index (χ1n) is 7.37. The second kappa shape index (κ2) is 8.89. The average molecular weight is 375 g/mol. The highest BCUT2D eigenvalue weighted by Crippen LogP contribution is 2.27. The number of carboxylic acids is 1. The van der Waals surface area contributed by atoms with E-state index in [-0.39, 0.29) is 24.9 Å². The van der Waals surface area contributed by atoms with Crippen LogP contribution in [-0.4, -0.2) is 46.9 Å². The number of nitrogens with zero attached hydrogens (tertiary/aromatic N) is 1. The van der Waals surface area contributed by atoms with E-state index in [1.165, 1.54) is 18.7 Å². The summed E-state index contributed by atoms with van der Waals surface area (Å²) < 4.78 is 0. The maximum atomic E-state index is 12.7. The van der Waals surface area contributed by atoms with Crippen molar-refractivity contribution in [3.05, 3.63) is 33.8 Å². The number of nitrogens with one attached hydrogen (secondary N) is 1. The summed E-state index contributed by atoms with van der Waals surface area (Å²) in [6.07, 6.45) is 0. The molecule has 0 aliphatic rings. The summed E-state index contributed by atoms with van der Waals surface area (Å²) in [6, 6.07) is 3.83. The zero-order valence-corrected chi connectivity index (χ0v) is 15.2. The summed E-state index contributed by atoms with van der Waals surface area (Å²) in [7, 11) is 0. The first-order chi connectivity index (χ1) is 11.1. The van der Waals surface area contributed by atoms with Crippen LogP contribution >= 0.6 is 23.2 Å². The van der Waals surface area contributed by atoms with Crippen LogP contribution in [0, 0.1) is 0 Å². The zero-order valence-electron chi connectivity index (χ0n) is 13.7. The maximum absolute atomic E-state index is 12.7. The SMILES string of the molecule is CC(=O)NCCN(C(=O)C(C)c1ccc(Cl)c(Cl)c1)C(C)C(=O)O. The molecule has 0 saturated carbocycles. The van der Waals surface area contributed by atoms with Gasteiger partial charge < -0.3 is 15.3 Å². The molecule has 2 unspecified atom stereocenters. The molecule has 0 aliphatic heterocycles. The van der Waals surface area contributed by atoms with Gasteiger partial charge in [-0.1, -0.05) is 29.3 Å². The molecule has 132 valence electrons. The molecule has 24 heavy (non-hydrogen) atoms. The molecule has 0 heterocycles. The number of carbonyl (C=O) groups excluding carboxylic acids is 2. The molecule has 1 aromatic rings. The molecule has 1 aromatic carbocycles. The zero-order chi connectivity index (χ0) is 18.4. The van der Waals surface area contributed by atoms with E-state index in [2.05, 4.69) is 5.32 Å². The van der Waals surface area contributed by atoms with Gasteiger partial charge in [-0.25, -0.2) is 4.79 Å². The molecule has 0 fully saturated rings. The van der Waals surface area contributed by atoms with Gasteiger partial charge in [-0.15, -0.1) is 0 Å². The van der Waals surface area contributed by atoms with Crippen molar-refractivity contribution in [1.82, 2.24) is 10.2 Å². The van der Waals surface area contributed by atoms with Crippen LogP contribution in [0.3, 0.4) is 0 Å². The minimum absolute atomic E-state index is 0.0948. The summed E-state index contributed by atoms with van der Waals surface area (Å²) in [6.45, 7) is 4.72. The minimum atomic E-state index is -1.12. The topological polar surface area (TPSA) is 86.7 Å². The van der Waals surface area contributed by atoms with E-state index < -0.39 is 17.9 Å². The molecule has 0 aliphatic carbocycles. The Morgan fingerprint density at radius 3 is 2.33 bits per heavy atom. The van der Waals surface area contributed by atoms with E-state index in [1.54, 1.807) is 25.1 Å². The van der Waals surface area contributed by atoms with Crippen molar-refractivity contribution in [2.45, 2.75) is 32.7 Å². The normalized spacial score (nSPS) is 13.0. The fourth-order valence-corrected chi connectivity index (χ4v) is 2.46. The quantitative estimate of drug-likeness (QED) is 0.767. The summed E-state index contributed by atoms with van der Waals surface area (Å²) >= 11 is 11.8. The summed E-state index contributed by atoms with van der Waals surface area (Å²) in [5, 5.41) is 12.5. The van der Waals surface area contributed by atoms with Gasteiger partial charge in [0.2, 0.25) is 11.8 Å². The molecule has 8 heteroatoms. The Hall–Kier alpha value is -1.79. The van der Waals surface area contributed by atoms with Crippen LogP contribution in [0.2, 0.25) is 10.0 Å². The third-order valence-electron chi connectivity index (χ3n) is 3.65. The largest absolute Gasteiger partial charge is 0.480 e. The van der Waals surface area contributed by atoms with Crippen LogP contribution in [0.15, 0.2) is 18.2 Å². The van der Waals surface area contributed by atoms with Gasteiger partial charge in [0.05, 0.1) is 16.0 Å². The van der Waals surface area contributed by atoms with Gasteiger partial charge >= 0.3 is 5.97 Å². The lowest BCUT2D eigenvalue weighted by Crippen LogP contribution is -2.48. The number of halogens is 2. The third kappa shape index (κ3) is 5.39. The van der Waals surface area contributed by atoms with Gasteiger partial charge in [-0.05, 0) is 31.5 Å². The van der Waals surface area contributed by atoms with Gasteiger partial charge in [0.25, 0.3) is 0 Å². The number of carboxylic acid groups (broad SMARTS) is 1.